The van der Waals surface area contributed by atoms with E-state index in [9.17, 15) is 40.5 Å². The van der Waals surface area contributed by atoms with Crippen molar-refractivity contribution < 1.29 is 50.0 Å². The molecule has 76 heavy (non-hydrogen) atoms. The summed E-state index contributed by atoms with van der Waals surface area (Å²) in [7, 11) is 0. The molecule has 8 N–H and O–H groups in total. The largest absolute Gasteiger partial charge is 0.394 e. The summed E-state index contributed by atoms with van der Waals surface area (Å²) < 4.78 is 11.2. The molecule has 0 aromatic carbocycles. The third-order valence-corrected chi connectivity index (χ3v) is 16.3. The summed E-state index contributed by atoms with van der Waals surface area (Å²) in [6.07, 6.45) is 54.4. The molecule has 1 aliphatic rings. The van der Waals surface area contributed by atoms with E-state index in [-0.39, 0.29) is 12.8 Å². The van der Waals surface area contributed by atoms with Gasteiger partial charge in [0.15, 0.2) is 6.29 Å². The van der Waals surface area contributed by atoms with Crippen LogP contribution < -0.4 is 5.32 Å². The van der Waals surface area contributed by atoms with E-state index in [1.54, 1.807) is 0 Å². The van der Waals surface area contributed by atoms with E-state index in [1.165, 1.54) is 250 Å². The predicted octanol–water partition coefficient (Wildman–Crippen LogP) is 15.1. The van der Waals surface area contributed by atoms with Crippen LogP contribution in [0.25, 0.3) is 0 Å². The number of ether oxygens (including phenoxy) is 2. The van der Waals surface area contributed by atoms with Crippen molar-refractivity contribution in [3.8, 4) is 0 Å². The van der Waals surface area contributed by atoms with Crippen molar-refractivity contribution in [1.29, 1.82) is 0 Å². The number of carbonyl (C=O) groups excluding carboxylic acids is 1. The van der Waals surface area contributed by atoms with Crippen LogP contribution in [0.3, 0.4) is 0 Å². The highest BCUT2D eigenvalue weighted by atomic mass is 16.7. The number of aliphatic hydroxyl groups is 7. The number of aliphatic hydroxyl groups excluding tert-OH is 7. The average molecular weight is 1080 g/mol. The number of hydrogen-bond donors (Lipinski definition) is 8. The normalized spacial score (nSPS) is 19.6. The van der Waals surface area contributed by atoms with Gasteiger partial charge in [0.1, 0.15) is 36.6 Å². The molecule has 1 aliphatic heterocycles. The Morgan fingerprint density at radius 2 is 0.776 bits per heavy atom. The molecule has 0 radical (unpaired) electrons. The SMILES string of the molecule is CCCCCCCCCCCCCCCC/C=C/CCCC(O)C(O)C(COC1OC(CO)C(O)C(O)C1O)NC(=O)C(O)CCCCCCCCCCCCCCCCCCCCCCCCCCCCCCCC. The maximum Gasteiger partial charge on any atom is 0.249 e. The molecule has 0 aromatic rings. The van der Waals surface area contributed by atoms with Gasteiger partial charge in [0.2, 0.25) is 5.91 Å². The van der Waals surface area contributed by atoms with Gasteiger partial charge in [0, 0.05) is 0 Å². The van der Waals surface area contributed by atoms with Crippen molar-refractivity contribution in [3.63, 3.8) is 0 Å². The summed E-state index contributed by atoms with van der Waals surface area (Å²) in [5.41, 5.74) is 0. The van der Waals surface area contributed by atoms with Crippen LogP contribution >= 0.6 is 0 Å². The molecule has 0 bridgehead atoms. The van der Waals surface area contributed by atoms with Crippen molar-refractivity contribution in [2.45, 2.75) is 384 Å². The van der Waals surface area contributed by atoms with Crippen LogP contribution in [0.5, 0.6) is 0 Å². The number of unbranched alkanes of at least 4 members (excludes halogenated alkanes) is 44. The molecule has 9 unspecified atom stereocenters. The Kier molecular flexibility index (Phi) is 52.2. The van der Waals surface area contributed by atoms with Crippen LogP contribution in [0.15, 0.2) is 12.2 Å². The maximum absolute atomic E-state index is 13.2. The van der Waals surface area contributed by atoms with Gasteiger partial charge < -0.3 is 50.5 Å². The first-order valence-electron chi connectivity index (χ1n) is 33.1. The van der Waals surface area contributed by atoms with Gasteiger partial charge in [-0.15, -0.1) is 0 Å². The van der Waals surface area contributed by atoms with Gasteiger partial charge in [0.25, 0.3) is 0 Å². The summed E-state index contributed by atoms with van der Waals surface area (Å²) in [4.78, 5) is 13.2. The molecule has 1 rings (SSSR count). The van der Waals surface area contributed by atoms with Crippen molar-refractivity contribution in [2.75, 3.05) is 13.2 Å². The van der Waals surface area contributed by atoms with Crippen molar-refractivity contribution >= 4 is 5.91 Å². The average Bonchev–Trinajstić information content (AvgIpc) is 3.42. The third-order valence-electron chi connectivity index (χ3n) is 16.3. The lowest BCUT2D eigenvalue weighted by Gasteiger charge is -2.40. The lowest BCUT2D eigenvalue weighted by Crippen LogP contribution is -2.60. The molecule has 1 fully saturated rings. The molecule has 452 valence electrons. The number of amides is 1. The molecule has 9 atom stereocenters. The molecule has 11 nitrogen and oxygen atoms in total. The van der Waals surface area contributed by atoms with Crippen LogP contribution in [-0.4, -0.2) is 110 Å². The minimum absolute atomic E-state index is 0.260. The minimum Gasteiger partial charge on any atom is -0.394 e. The molecular weight excluding hydrogens is 955 g/mol. The standard InChI is InChI=1S/C65H127NO10/c1-3-5-7-9-11-13-15-17-19-21-23-24-25-26-27-28-29-30-31-32-33-35-37-39-41-43-45-47-49-51-53-58(69)64(74)66-56(55-75-65-63(73)62(72)61(71)59(54-67)76-65)60(70)57(68)52-50-48-46-44-42-40-38-36-34-22-20-18-16-14-12-10-8-6-4-2/h44,46,56-63,65,67-73H,3-43,45,47-55H2,1-2H3,(H,66,74)/b46-44+. The van der Waals surface area contributed by atoms with Crippen LogP contribution in [0, 0.1) is 0 Å². The summed E-state index contributed by atoms with van der Waals surface area (Å²) >= 11 is 0. The van der Waals surface area contributed by atoms with E-state index >= 15 is 0 Å². The van der Waals surface area contributed by atoms with E-state index in [0.29, 0.717) is 12.8 Å². The summed E-state index contributed by atoms with van der Waals surface area (Å²) in [5.74, 6) is -0.699. The van der Waals surface area contributed by atoms with E-state index in [0.717, 1.165) is 38.5 Å². The maximum atomic E-state index is 13.2. The van der Waals surface area contributed by atoms with Crippen molar-refractivity contribution in [3.05, 3.63) is 12.2 Å². The van der Waals surface area contributed by atoms with E-state index in [2.05, 4.69) is 31.3 Å². The highest BCUT2D eigenvalue weighted by Crippen LogP contribution is 2.24. The number of allylic oxidation sites excluding steroid dienone is 2. The third kappa shape index (κ3) is 41.8. The fourth-order valence-electron chi connectivity index (χ4n) is 11.0. The minimum atomic E-state index is -1.67. The van der Waals surface area contributed by atoms with Gasteiger partial charge in [0.05, 0.1) is 25.4 Å². The van der Waals surface area contributed by atoms with E-state index in [4.69, 9.17) is 9.47 Å². The van der Waals surface area contributed by atoms with Crippen LogP contribution in [0.1, 0.15) is 328 Å². The highest BCUT2D eigenvalue weighted by molar-refractivity contribution is 5.80. The topological polar surface area (TPSA) is 189 Å². The Morgan fingerprint density at radius 1 is 0.447 bits per heavy atom. The van der Waals surface area contributed by atoms with E-state index in [1.807, 2.05) is 0 Å². The number of nitrogens with one attached hydrogen (secondary N) is 1. The highest BCUT2D eigenvalue weighted by Gasteiger charge is 2.44. The molecule has 0 aromatic heterocycles. The number of rotatable bonds is 58. The Balaban J connectivity index is 2.21. The van der Waals surface area contributed by atoms with Gasteiger partial charge >= 0.3 is 0 Å². The smallest absolute Gasteiger partial charge is 0.249 e. The van der Waals surface area contributed by atoms with Crippen molar-refractivity contribution in [2.24, 2.45) is 0 Å². The molecule has 1 amide bonds. The molecule has 1 saturated heterocycles. The van der Waals surface area contributed by atoms with Gasteiger partial charge in [-0.05, 0) is 38.5 Å². The lowest BCUT2D eigenvalue weighted by molar-refractivity contribution is -0.303. The summed E-state index contributed by atoms with van der Waals surface area (Å²) in [6.45, 7) is 3.49. The molecule has 11 heteroatoms. The monoisotopic (exact) mass is 1080 g/mol. The van der Waals surface area contributed by atoms with Crippen LogP contribution in [0.2, 0.25) is 0 Å². The Bertz CT molecular complexity index is 1240. The van der Waals surface area contributed by atoms with Gasteiger partial charge in [-0.25, -0.2) is 0 Å². The fraction of sp³-hybridized carbons (Fsp3) is 0.954. The second-order valence-electron chi connectivity index (χ2n) is 23.5. The zero-order chi connectivity index (χ0) is 55.4. The molecular formula is C65H127NO10. The summed E-state index contributed by atoms with van der Waals surface area (Å²) in [6, 6.07) is -1.18. The first kappa shape index (κ1) is 72.9. The fourth-order valence-corrected chi connectivity index (χ4v) is 11.0. The first-order valence-corrected chi connectivity index (χ1v) is 33.1. The lowest BCUT2D eigenvalue weighted by atomic mass is 9.98. The molecule has 1 heterocycles. The van der Waals surface area contributed by atoms with Crippen LogP contribution in [0.4, 0.5) is 0 Å². The predicted molar refractivity (Wildman–Crippen MR) is 316 cm³/mol. The van der Waals surface area contributed by atoms with Crippen LogP contribution in [-0.2, 0) is 14.3 Å². The summed E-state index contributed by atoms with van der Waals surface area (Å²) in [5, 5.41) is 76.3. The second-order valence-corrected chi connectivity index (χ2v) is 23.5. The van der Waals surface area contributed by atoms with E-state index < -0.39 is 74.2 Å². The quantitative estimate of drug-likeness (QED) is 0.0215. The van der Waals surface area contributed by atoms with Crippen molar-refractivity contribution in [1.82, 2.24) is 5.32 Å². The second kappa shape index (κ2) is 54.4. The molecule has 0 saturated carbocycles. The van der Waals surface area contributed by atoms with Gasteiger partial charge in [-0.1, -0.05) is 302 Å². The Hall–Kier alpha value is -1.15. The zero-order valence-corrected chi connectivity index (χ0v) is 49.8. The molecule has 0 spiro atoms. The zero-order valence-electron chi connectivity index (χ0n) is 49.8. The Labute approximate surface area is 468 Å². The van der Waals surface area contributed by atoms with Gasteiger partial charge in [-0.2, -0.15) is 0 Å². The Morgan fingerprint density at radius 3 is 1.13 bits per heavy atom. The number of carbonyl (C=O) groups is 1. The van der Waals surface area contributed by atoms with Gasteiger partial charge in [-0.3, -0.25) is 4.79 Å². The number of hydrogen-bond acceptors (Lipinski definition) is 10. The molecule has 0 aliphatic carbocycles. The first-order chi connectivity index (χ1) is 37.2.